The molecule has 0 fully saturated rings. The summed E-state index contributed by atoms with van der Waals surface area (Å²) in [6, 6.07) is 15.1. The number of aromatic nitrogens is 2. The van der Waals surface area contributed by atoms with Gasteiger partial charge in [0.25, 0.3) is 10.2 Å². The Kier molecular flexibility index (Phi) is 6.07. The molecule has 1 aliphatic rings. The number of nitrogens with one attached hydrogen (secondary N) is 1. The highest BCUT2D eigenvalue weighted by Gasteiger charge is 2.33. The Bertz CT molecular complexity index is 1190. The van der Waals surface area contributed by atoms with Crippen molar-refractivity contribution in [1.82, 2.24) is 18.8 Å². The van der Waals surface area contributed by atoms with Crippen LogP contribution >= 0.6 is 11.6 Å². The van der Waals surface area contributed by atoms with Gasteiger partial charge in [-0.3, -0.25) is 0 Å². The minimum Gasteiger partial charge on any atom is -0.492 e. The molecule has 0 saturated carbocycles. The van der Waals surface area contributed by atoms with Crippen molar-refractivity contribution in [2.75, 3.05) is 20.7 Å². The molecule has 4 rings (SSSR count). The predicted octanol–water partition coefficient (Wildman–Crippen LogP) is 3.45. The van der Waals surface area contributed by atoms with Crippen LogP contribution < -0.4 is 9.46 Å². The van der Waals surface area contributed by atoms with Gasteiger partial charge in [0.2, 0.25) is 0 Å². The highest BCUT2D eigenvalue weighted by Crippen LogP contribution is 2.37. The van der Waals surface area contributed by atoms with Gasteiger partial charge >= 0.3 is 0 Å². The molecule has 3 aromatic rings. The lowest BCUT2D eigenvalue weighted by Crippen LogP contribution is -2.42. The van der Waals surface area contributed by atoms with Crippen LogP contribution in [-0.2, 0) is 23.1 Å². The van der Waals surface area contributed by atoms with Gasteiger partial charge in [0.1, 0.15) is 11.4 Å². The third-order valence-corrected chi connectivity index (χ3v) is 7.11. The van der Waals surface area contributed by atoms with Crippen molar-refractivity contribution < 1.29 is 13.2 Å². The van der Waals surface area contributed by atoms with Crippen LogP contribution in [0.4, 0.5) is 0 Å². The van der Waals surface area contributed by atoms with Gasteiger partial charge in [-0.2, -0.15) is 22.5 Å². The van der Waals surface area contributed by atoms with E-state index in [0.29, 0.717) is 24.5 Å². The minimum atomic E-state index is -3.53. The molecular formula is C22H25ClN4O3S. The molecule has 0 radical (unpaired) electrons. The third-order valence-electron chi connectivity index (χ3n) is 5.26. The van der Waals surface area contributed by atoms with Gasteiger partial charge < -0.3 is 4.74 Å². The quantitative estimate of drug-likeness (QED) is 0.585. The minimum absolute atomic E-state index is 0.243. The third kappa shape index (κ3) is 4.34. The highest BCUT2D eigenvalue weighted by molar-refractivity contribution is 7.87. The van der Waals surface area contributed by atoms with Crippen molar-refractivity contribution in [3.05, 3.63) is 64.8 Å². The van der Waals surface area contributed by atoms with Crippen LogP contribution in [0.5, 0.6) is 5.75 Å². The van der Waals surface area contributed by atoms with Gasteiger partial charge in [-0.1, -0.05) is 35.9 Å². The lowest BCUT2D eigenvalue weighted by Gasteiger charge is -2.18. The van der Waals surface area contributed by atoms with Crippen molar-refractivity contribution in [2.45, 2.75) is 25.8 Å². The molecule has 9 heteroatoms. The number of halogens is 1. The monoisotopic (exact) mass is 460 g/mol. The summed E-state index contributed by atoms with van der Waals surface area (Å²) in [4.78, 5) is 0. The summed E-state index contributed by atoms with van der Waals surface area (Å²) in [5.74, 6) is 0.742. The summed E-state index contributed by atoms with van der Waals surface area (Å²) >= 11 is 6.12. The molecule has 1 N–H and O–H groups in total. The van der Waals surface area contributed by atoms with E-state index in [4.69, 9.17) is 21.4 Å². The highest BCUT2D eigenvalue weighted by atomic mass is 35.5. The molecule has 1 atom stereocenters. The average molecular weight is 461 g/mol. The van der Waals surface area contributed by atoms with Crippen molar-refractivity contribution in [3.63, 3.8) is 0 Å². The van der Waals surface area contributed by atoms with Crippen molar-refractivity contribution in [3.8, 4) is 22.7 Å². The van der Waals surface area contributed by atoms with E-state index in [2.05, 4.69) is 4.72 Å². The molecule has 164 valence electrons. The zero-order valence-electron chi connectivity index (χ0n) is 17.7. The van der Waals surface area contributed by atoms with E-state index in [0.717, 1.165) is 34.0 Å². The van der Waals surface area contributed by atoms with E-state index in [1.807, 2.05) is 60.1 Å². The van der Waals surface area contributed by atoms with Gasteiger partial charge in [0.05, 0.1) is 18.0 Å². The molecule has 0 saturated heterocycles. The number of hydrogen-bond acceptors (Lipinski definition) is 4. The second kappa shape index (κ2) is 8.63. The van der Waals surface area contributed by atoms with Crippen LogP contribution in [0.15, 0.2) is 48.5 Å². The molecule has 2 aromatic carbocycles. The lowest BCUT2D eigenvalue weighted by atomic mass is 10.1. The Morgan fingerprint density at radius 3 is 2.55 bits per heavy atom. The summed E-state index contributed by atoms with van der Waals surface area (Å²) in [6.07, 6.45) is 1.07. The molecule has 0 amide bonds. The molecule has 1 aromatic heterocycles. The number of rotatable bonds is 7. The van der Waals surface area contributed by atoms with Crippen molar-refractivity contribution in [2.24, 2.45) is 0 Å². The fourth-order valence-corrected chi connectivity index (χ4v) is 4.74. The predicted molar refractivity (Wildman–Crippen MR) is 122 cm³/mol. The molecule has 0 bridgehead atoms. The zero-order chi connectivity index (χ0) is 22.2. The topological polar surface area (TPSA) is 76.5 Å². The van der Waals surface area contributed by atoms with E-state index in [1.165, 1.54) is 18.4 Å². The van der Waals surface area contributed by atoms with Crippen LogP contribution in [-0.4, -0.2) is 49.2 Å². The Morgan fingerprint density at radius 2 is 1.87 bits per heavy atom. The van der Waals surface area contributed by atoms with E-state index in [1.54, 1.807) is 0 Å². The van der Waals surface area contributed by atoms with E-state index in [-0.39, 0.29) is 6.04 Å². The molecule has 0 spiro atoms. The van der Waals surface area contributed by atoms with E-state index >= 15 is 0 Å². The first-order valence-corrected chi connectivity index (χ1v) is 11.9. The normalized spacial score (nSPS) is 16.0. The first kappa shape index (κ1) is 21.8. The maximum atomic E-state index is 12.3. The van der Waals surface area contributed by atoms with Crippen LogP contribution in [0.3, 0.4) is 0 Å². The van der Waals surface area contributed by atoms with Gasteiger partial charge in [-0.25, -0.2) is 4.68 Å². The van der Waals surface area contributed by atoms with Crippen molar-refractivity contribution in [1.29, 1.82) is 0 Å². The Balaban J connectivity index is 1.80. The van der Waals surface area contributed by atoms with Crippen molar-refractivity contribution >= 4 is 21.8 Å². The first-order chi connectivity index (χ1) is 14.8. The van der Waals surface area contributed by atoms with Crippen LogP contribution in [0.1, 0.15) is 18.2 Å². The number of para-hydroxylation sites is 2. The second-order valence-corrected chi connectivity index (χ2v) is 9.96. The smallest absolute Gasteiger partial charge is 0.279 e. The SMILES string of the molecule is CCOc1ccccc1-n1nc2c(c1-c1ccc(Cl)cc1)CC(NS(=O)(=O)N(C)C)C2. The van der Waals surface area contributed by atoms with Gasteiger partial charge in [0, 0.05) is 42.7 Å². The van der Waals surface area contributed by atoms with Crippen LogP contribution in [0, 0.1) is 0 Å². The van der Waals surface area contributed by atoms with Gasteiger partial charge in [0.15, 0.2) is 0 Å². The maximum absolute atomic E-state index is 12.3. The number of nitrogens with zero attached hydrogens (tertiary/aromatic N) is 3. The largest absolute Gasteiger partial charge is 0.492 e. The number of ether oxygens (including phenoxy) is 1. The van der Waals surface area contributed by atoms with Gasteiger partial charge in [-0.05, 0) is 37.6 Å². The summed E-state index contributed by atoms with van der Waals surface area (Å²) in [5, 5.41) is 5.53. The van der Waals surface area contributed by atoms with E-state index in [9.17, 15) is 8.42 Å². The summed E-state index contributed by atoms with van der Waals surface area (Å²) in [5.41, 5.74) is 4.63. The number of fused-ring (bicyclic) bond motifs is 1. The molecule has 0 aliphatic heterocycles. The fraction of sp³-hybridized carbons (Fsp3) is 0.318. The zero-order valence-corrected chi connectivity index (χ0v) is 19.2. The summed E-state index contributed by atoms with van der Waals surface area (Å²) < 4.78 is 36.3. The summed E-state index contributed by atoms with van der Waals surface area (Å²) in [6.45, 7) is 2.49. The molecule has 7 nitrogen and oxygen atoms in total. The standard InChI is InChI=1S/C22H25ClN4O3S/c1-4-30-21-8-6-5-7-20(21)27-22(15-9-11-16(23)12-10-15)18-13-17(14-19(18)24-27)25-31(28,29)26(2)3/h5-12,17,25H,4,13-14H2,1-3H3. The maximum Gasteiger partial charge on any atom is 0.279 e. The number of benzene rings is 2. The lowest BCUT2D eigenvalue weighted by molar-refractivity contribution is 0.338. The van der Waals surface area contributed by atoms with Crippen LogP contribution in [0.25, 0.3) is 16.9 Å². The molecule has 1 heterocycles. The Morgan fingerprint density at radius 1 is 1.16 bits per heavy atom. The Hall–Kier alpha value is -2.39. The van der Waals surface area contributed by atoms with E-state index < -0.39 is 10.2 Å². The van der Waals surface area contributed by atoms with Gasteiger partial charge in [-0.15, -0.1) is 0 Å². The summed E-state index contributed by atoms with van der Waals surface area (Å²) in [7, 11) is -0.497. The fourth-order valence-electron chi connectivity index (χ4n) is 3.81. The molecule has 1 unspecified atom stereocenters. The average Bonchev–Trinajstić information content (AvgIpc) is 3.26. The molecular weight excluding hydrogens is 436 g/mol. The first-order valence-electron chi connectivity index (χ1n) is 10.1. The van der Waals surface area contributed by atoms with Crippen LogP contribution in [0.2, 0.25) is 5.02 Å². The Labute approximate surface area is 187 Å². The molecule has 1 aliphatic carbocycles. The number of hydrogen-bond donors (Lipinski definition) is 1. The second-order valence-electron chi connectivity index (χ2n) is 7.60. The molecule has 31 heavy (non-hydrogen) atoms.